The van der Waals surface area contributed by atoms with Crippen LogP contribution in [0.1, 0.15) is 34.9 Å². The Labute approximate surface area is 193 Å². The summed E-state index contributed by atoms with van der Waals surface area (Å²) in [4.78, 5) is 31.3. The highest BCUT2D eigenvalue weighted by Gasteiger charge is 2.23. The number of fused-ring (bicyclic) bond motifs is 2. The highest BCUT2D eigenvalue weighted by Crippen LogP contribution is 2.30. The third-order valence-corrected chi connectivity index (χ3v) is 6.23. The molecule has 0 aliphatic rings. The minimum Gasteiger partial charge on any atom is -0.369 e. The van der Waals surface area contributed by atoms with E-state index in [0.29, 0.717) is 32.5 Å². The van der Waals surface area contributed by atoms with E-state index in [9.17, 15) is 9.59 Å². The summed E-state index contributed by atoms with van der Waals surface area (Å²) in [5.41, 5.74) is 11.8. The number of amides is 2. The van der Waals surface area contributed by atoms with E-state index >= 15 is 0 Å². The molecule has 0 fully saturated rings. The van der Waals surface area contributed by atoms with E-state index in [1.54, 1.807) is 0 Å². The quantitative estimate of drug-likeness (QED) is 0.241. The Morgan fingerprint density at radius 2 is 1.52 bits per heavy atom. The zero-order chi connectivity index (χ0) is 23.4. The first-order valence-electron chi connectivity index (χ1n) is 11.4. The maximum absolute atomic E-state index is 12.4. The SMILES string of the molecule is Cc1[nH]c2ccccc2c1CC(=O)NCCNCCC(C(N)=O)c1c(C)[nH]c2ccccc12. The standard InChI is InChI=1S/C26H31N5O2/c1-16-21(18-7-3-5-9-22(18)30-16)15-24(32)29-14-13-28-12-11-20(26(27)33)25-17(2)31-23-10-6-4-8-19(23)25/h3-10,20,28,30-31H,11-15H2,1-2H3,(H2,27,33)(H,29,32). The molecule has 1 atom stereocenters. The van der Waals surface area contributed by atoms with E-state index in [2.05, 4.69) is 20.6 Å². The lowest BCUT2D eigenvalue weighted by Gasteiger charge is -2.15. The highest BCUT2D eigenvalue weighted by atomic mass is 16.2. The van der Waals surface area contributed by atoms with Gasteiger partial charge in [0.05, 0.1) is 12.3 Å². The molecule has 1 unspecified atom stereocenters. The molecule has 0 saturated carbocycles. The van der Waals surface area contributed by atoms with Crippen molar-refractivity contribution in [2.45, 2.75) is 32.6 Å². The number of aryl methyl sites for hydroxylation is 2. The zero-order valence-corrected chi connectivity index (χ0v) is 19.1. The van der Waals surface area contributed by atoms with E-state index in [1.807, 2.05) is 62.4 Å². The molecule has 4 aromatic rings. The van der Waals surface area contributed by atoms with Gasteiger partial charge in [-0.1, -0.05) is 36.4 Å². The van der Waals surface area contributed by atoms with Crippen LogP contribution in [0.4, 0.5) is 0 Å². The minimum absolute atomic E-state index is 0.00548. The lowest BCUT2D eigenvalue weighted by Crippen LogP contribution is -2.34. The number of rotatable bonds is 10. The van der Waals surface area contributed by atoms with Gasteiger partial charge in [-0.3, -0.25) is 9.59 Å². The molecule has 2 heterocycles. The fourth-order valence-corrected chi connectivity index (χ4v) is 4.62. The molecule has 0 aliphatic carbocycles. The fourth-order valence-electron chi connectivity index (χ4n) is 4.62. The van der Waals surface area contributed by atoms with Crippen LogP contribution in [-0.4, -0.2) is 41.4 Å². The van der Waals surface area contributed by atoms with E-state index in [0.717, 1.165) is 44.3 Å². The molecular weight excluding hydrogens is 414 g/mol. The second-order valence-corrected chi connectivity index (χ2v) is 8.50. The maximum atomic E-state index is 12.4. The number of hydrogen-bond acceptors (Lipinski definition) is 3. The Bertz CT molecular complexity index is 1290. The molecule has 0 aliphatic heterocycles. The van der Waals surface area contributed by atoms with Crippen LogP contribution in [0, 0.1) is 13.8 Å². The van der Waals surface area contributed by atoms with Crippen molar-refractivity contribution in [1.29, 1.82) is 0 Å². The number of carbonyl (C=O) groups is 2. The van der Waals surface area contributed by atoms with Gasteiger partial charge in [-0.2, -0.15) is 0 Å². The molecular formula is C26H31N5O2. The summed E-state index contributed by atoms with van der Waals surface area (Å²) in [7, 11) is 0. The van der Waals surface area contributed by atoms with Crippen molar-refractivity contribution in [2.24, 2.45) is 5.73 Å². The molecule has 2 amide bonds. The first-order valence-corrected chi connectivity index (χ1v) is 11.4. The number of aromatic nitrogens is 2. The number of para-hydroxylation sites is 2. The first-order chi connectivity index (χ1) is 16.0. The number of primary amides is 1. The topological polar surface area (TPSA) is 116 Å². The normalized spacial score (nSPS) is 12.3. The van der Waals surface area contributed by atoms with Gasteiger partial charge in [-0.05, 0) is 50.1 Å². The number of nitrogens with two attached hydrogens (primary N) is 1. The summed E-state index contributed by atoms with van der Waals surface area (Å²) >= 11 is 0. The Morgan fingerprint density at radius 3 is 2.24 bits per heavy atom. The van der Waals surface area contributed by atoms with Crippen LogP contribution in [0.3, 0.4) is 0 Å². The number of hydrogen-bond donors (Lipinski definition) is 5. The van der Waals surface area contributed by atoms with Crippen LogP contribution in [0.2, 0.25) is 0 Å². The predicted molar refractivity (Wildman–Crippen MR) is 132 cm³/mol. The van der Waals surface area contributed by atoms with Crippen LogP contribution in [0.5, 0.6) is 0 Å². The highest BCUT2D eigenvalue weighted by molar-refractivity contribution is 5.92. The maximum Gasteiger partial charge on any atom is 0.225 e. The summed E-state index contributed by atoms with van der Waals surface area (Å²) in [6, 6.07) is 16.0. The van der Waals surface area contributed by atoms with E-state index in [-0.39, 0.29) is 17.7 Å². The minimum atomic E-state index is -0.368. The lowest BCUT2D eigenvalue weighted by molar-refractivity contribution is -0.120. The number of H-pyrrole nitrogens is 2. The van der Waals surface area contributed by atoms with Gasteiger partial charge in [0.2, 0.25) is 11.8 Å². The third-order valence-electron chi connectivity index (χ3n) is 6.23. The molecule has 7 nitrogen and oxygen atoms in total. The predicted octanol–water partition coefficient (Wildman–Crippen LogP) is 3.17. The smallest absolute Gasteiger partial charge is 0.225 e. The Morgan fingerprint density at radius 1 is 0.879 bits per heavy atom. The van der Waals surface area contributed by atoms with Crippen LogP contribution in [-0.2, 0) is 16.0 Å². The third kappa shape index (κ3) is 4.93. The van der Waals surface area contributed by atoms with Gasteiger partial charge in [0.25, 0.3) is 0 Å². The lowest BCUT2D eigenvalue weighted by atomic mass is 9.92. The van der Waals surface area contributed by atoms with Gasteiger partial charge < -0.3 is 26.3 Å². The van der Waals surface area contributed by atoms with Crippen LogP contribution >= 0.6 is 0 Å². The second kappa shape index (κ2) is 9.92. The van der Waals surface area contributed by atoms with Gasteiger partial charge in [0.15, 0.2) is 0 Å². The van der Waals surface area contributed by atoms with Gasteiger partial charge in [-0.25, -0.2) is 0 Å². The number of aromatic amines is 2. The largest absolute Gasteiger partial charge is 0.369 e. The van der Waals surface area contributed by atoms with E-state index in [4.69, 9.17) is 5.73 Å². The molecule has 0 saturated heterocycles. The van der Waals surface area contributed by atoms with Gasteiger partial charge >= 0.3 is 0 Å². The molecule has 6 N–H and O–H groups in total. The van der Waals surface area contributed by atoms with E-state index < -0.39 is 0 Å². The summed E-state index contributed by atoms with van der Waals surface area (Å²) in [6.07, 6.45) is 0.944. The van der Waals surface area contributed by atoms with Crippen LogP contribution in [0.15, 0.2) is 48.5 Å². The van der Waals surface area contributed by atoms with Crippen LogP contribution < -0.4 is 16.4 Å². The summed E-state index contributed by atoms with van der Waals surface area (Å²) in [5.74, 6) is -0.700. The molecule has 7 heteroatoms. The average Bonchev–Trinajstić information content (AvgIpc) is 3.29. The van der Waals surface area contributed by atoms with Crippen molar-refractivity contribution in [2.75, 3.05) is 19.6 Å². The summed E-state index contributed by atoms with van der Waals surface area (Å²) < 4.78 is 0. The molecule has 4 rings (SSSR count). The Balaban J connectivity index is 1.25. The molecule has 33 heavy (non-hydrogen) atoms. The van der Waals surface area contributed by atoms with Gasteiger partial charge in [-0.15, -0.1) is 0 Å². The summed E-state index contributed by atoms with van der Waals surface area (Å²) in [5, 5.41) is 8.42. The Hall–Kier alpha value is -3.58. The van der Waals surface area contributed by atoms with Crippen LogP contribution in [0.25, 0.3) is 21.8 Å². The van der Waals surface area contributed by atoms with Gasteiger partial charge in [0.1, 0.15) is 0 Å². The van der Waals surface area contributed by atoms with Crippen molar-refractivity contribution < 1.29 is 9.59 Å². The van der Waals surface area contributed by atoms with Crippen molar-refractivity contribution in [3.63, 3.8) is 0 Å². The van der Waals surface area contributed by atoms with Crippen molar-refractivity contribution in [1.82, 2.24) is 20.6 Å². The molecule has 0 spiro atoms. The zero-order valence-electron chi connectivity index (χ0n) is 19.1. The Kier molecular flexibility index (Phi) is 6.79. The molecule has 2 aromatic carbocycles. The first kappa shape index (κ1) is 22.6. The molecule has 172 valence electrons. The second-order valence-electron chi connectivity index (χ2n) is 8.50. The molecule has 0 bridgehead atoms. The fraction of sp³-hybridized carbons (Fsp3) is 0.308. The molecule has 0 radical (unpaired) electrons. The van der Waals surface area contributed by atoms with Crippen molar-refractivity contribution in [3.05, 3.63) is 71.0 Å². The summed E-state index contributed by atoms with van der Waals surface area (Å²) in [6.45, 7) is 5.74. The number of benzene rings is 2. The van der Waals surface area contributed by atoms with Crippen molar-refractivity contribution in [3.8, 4) is 0 Å². The number of carbonyl (C=O) groups excluding carboxylic acids is 2. The molecule has 2 aromatic heterocycles. The van der Waals surface area contributed by atoms with Gasteiger partial charge in [0, 0.05) is 46.3 Å². The van der Waals surface area contributed by atoms with E-state index in [1.165, 1.54) is 0 Å². The average molecular weight is 446 g/mol. The number of nitrogens with one attached hydrogen (secondary N) is 4. The monoisotopic (exact) mass is 445 g/mol. The van der Waals surface area contributed by atoms with Crippen molar-refractivity contribution >= 4 is 33.6 Å².